The van der Waals surface area contributed by atoms with Gasteiger partial charge in [0.25, 0.3) is 0 Å². The molecule has 4 heterocycles. The number of likely N-dealkylation sites (tertiary alicyclic amines) is 2. The van der Waals surface area contributed by atoms with Crippen molar-refractivity contribution in [2.24, 2.45) is 0 Å². The predicted octanol–water partition coefficient (Wildman–Crippen LogP) is 2.89. The minimum atomic E-state index is -0.286. The quantitative estimate of drug-likeness (QED) is 0.588. The molecule has 0 saturated carbocycles. The largest absolute Gasteiger partial charge is 0.444 e. The molecule has 2 saturated heterocycles. The molecule has 36 heavy (non-hydrogen) atoms. The van der Waals surface area contributed by atoms with Gasteiger partial charge in [-0.15, -0.1) is 0 Å². The summed E-state index contributed by atoms with van der Waals surface area (Å²) in [6.45, 7) is 9.38. The van der Waals surface area contributed by atoms with E-state index in [2.05, 4.69) is 24.1 Å². The molecule has 2 amide bonds. The van der Waals surface area contributed by atoms with Crippen molar-refractivity contribution in [2.45, 2.75) is 58.1 Å². The van der Waals surface area contributed by atoms with E-state index in [9.17, 15) is 9.59 Å². The Labute approximate surface area is 213 Å². The second-order valence-corrected chi connectivity index (χ2v) is 10.4. The fourth-order valence-corrected chi connectivity index (χ4v) is 4.98. The number of aromatic nitrogens is 3. The molecule has 10 nitrogen and oxygen atoms in total. The summed E-state index contributed by atoms with van der Waals surface area (Å²) >= 11 is 0. The number of aryl methyl sites for hydroxylation is 1. The molecule has 0 unspecified atom stereocenters. The lowest BCUT2D eigenvalue weighted by Crippen LogP contribution is -2.44. The third-order valence-electron chi connectivity index (χ3n) is 6.88. The highest BCUT2D eigenvalue weighted by molar-refractivity contribution is 5.87. The maximum atomic E-state index is 12.8. The molecule has 2 aliphatic heterocycles. The third-order valence-corrected chi connectivity index (χ3v) is 6.88. The van der Waals surface area contributed by atoms with Crippen molar-refractivity contribution in [1.29, 1.82) is 0 Å². The fraction of sp³-hybridized carbons (Fsp3) is 0.615. The number of fused-ring (bicyclic) bond motifs is 1. The lowest BCUT2D eigenvalue weighted by Gasteiger charge is -2.32. The van der Waals surface area contributed by atoms with Gasteiger partial charge < -0.3 is 24.8 Å². The van der Waals surface area contributed by atoms with Crippen LogP contribution in [0, 0.1) is 6.92 Å². The predicted molar refractivity (Wildman–Crippen MR) is 139 cm³/mol. The molecular weight excluding hydrogens is 458 g/mol. The first-order valence-corrected chi connectivity index (χ1v) is 12.9. The Balaban J connectivity index is 1.26. The third kappa shape index (κ3) is 5.98. The number of carbonyl (C=O) groups excluding carboxylic acids is 2. The minimum Gasteiger partial charge on any atom is -0.444 e. The van der Waals surface area contributed by atoms with E-state index in [-0.39, 0.29) is 24.1 Å². The van der Waals surface area contributed by atoms with Crippen LogP contribution in [0.4, 0.5) is 10.6 Å². The molecule has 2 aromatic heterocycles. The highest BCUT2D eigenvalue weighted by Crippen LogP contribution is 2.26. The number of hydrogen-bond acceptors (Lipinski definition) is 7. The van der Waals surface area contributed by atoms with Crippen molar-refractivity contribution in [3.63, 3.8) is 0 Å². The summed E-state index contributed by atoms with van der Waals surface area (Å²) in [7, 11) is 3.92. The van der Waals surface area contributed by atoms with Gasteiger partial charge in [-0.25, -0.2) is 9.78 Å². The van der Waals surface area contributed by atoms with E-state index in [0.29, 0.717) is 38.5 Å². The average Bonchev–Trinajstić information content (AvgIpc) is 3.43. The van der Waals surface area contributed by atoms with Crippen LogP contribution in [0.2, 0.25) is 0 Å². The smallest absolute Gasteiger partial charge is 0.410 e. The van der Waals surface area contributed by atoms with Crippen LogP contribution in [0.5, 0.6) is 0 Å². The Morgan fingerprint density at radius 2 is 1.92 bits per heavy atom. The summed E-state index contributed by atoms with van der Waals surface area (Å²) in [4.78, 5) is 35.2. The molecule has 0 spiro atoms. The van der Waals surface area contributed by atoms with Gasteiger partial charge in [0.1, 0.15) is 11.9 Å². The molecule has 10 heteroatoms. The van der Waals surface area contributed by atoms with E-state index in [1.807, 2.05) is 48.8 Å². The Bertz CT molecular complexity index is 1100. The van der Waals surface area contributed by atoms with Crippen molar-refractivity contribution in [3.8, 4) is 0 Å². The van der Waals surface area contributed by atoms with Crippen LogP contribution < -0.4 is 5.32 Å². The molecular formula is C26H39N7O3. The highest BCUT2D eigenvalue weighted by Gasteiger charge is 2.31. The van der Waals surface area contributed by atoms with Crippen molar-refractivity contribution in [1.82, 2.24) is 29.3 Å². The number of piperidine rings is 1. The Kier molecular flexibility index (Phi) is 8.13. The zero-order chi connectivity index (χ0) is 25.8. The summed E-state index contributed by atoms with van der Waals surface area (Å²) in [5, 5.41) is 8.32. The van der Waals surface area contributed by atoms with E-state index in [0.717, 1.165) is 36.5 Å². The van der Waals surface area contributed by atoms with E-state index in [1.54, 1.807) is 15.9 Å². The van der Waals surface area contributed by atoms with Crippen molar-refractivity contribution in [3.05, 3.63) is 35.7 Å². The fourth-order valence-electron chi connectivity index (χ4n) is 4.98. The molecule has 1 N–H and O–H groups in total. The number of anilines is 1. The van der Waals surface area contributed by atoms with Gasteiger partial charge >= 0.3 is 6.09 Å². The lowest BCUT2D eigenvalue weighted by molar-refractivity contribution is -0.125. The number of ether oxygens (including phenoxy) is 1. The van der Waals surface area contributed by atoms with Gasteiger partial charge in [-0.1, -0.05) is 19.9 Å². The van der Waals surface area contributed by atoms with E-state index < -0.39 is 0 Å². The number of hydrogen-bond donors (Lipinski definition) is 1. The number of nitrogens with zero attached hydrogens (tertiary/aromatic N) is 6. The standard InChI is InChI=1S/C26H39N7O3/c1-18(2)24-19(3)29-33-22(8-12-27-25(24)33)28-20-9-14-31(15-10-20)26(35)36-21-11-16-32(17-21)23(34)7-6-13-30(4)5/h6-8,12,18,20-21,28H,9-11,13-17H2,1-5H3/b7-6+/t21-/m0/s1. The Morgan fingerprint density at radius 3 is 2.61 bits per heavy atom. The molecule has 0 aromatic carbocycles. The number of nitrogens with one attached hydrogen (secondary N) is 1. The Morgan fingerprint density at radius 1 is 1.19 bits per heavy atom. The number of carbonyl (C=O) groups is 2. The average molecular weight is 498 g/mol. The molecule has 196 valence electrons. The maximum absolute atomic E-state index is 12.8. The van der Waals surface area contributed by atoms with Crippen molar-refractivity contribution in [2.75, 3.05) is 52.1 Å². The van der Waals surface area contributed by atoms with E-state index in [1.165, 1.54) is 5.56 Å². The molecule has 0 aliphatic carbocycles. The summed E-state index contributed by atoms with van der Waals surface area (Å²) in [6, 6.07) is 2.19. The summed E-state index contributed by atoms with van der Waals surface area (Å²) < 4.78 is 7.64. The highest BCUT2D eigenvalue weighted by atomic mass is 16.6. The van der Waals surface area contributed by atoms with Gasteiger partial charge in [0, 0.05) is 56.5 Å². The molecule has 0 bridgehead atoms. The van der Waals surface area contributed by atoms with Gasteiger partial charge in [-0.3, -0.25) is 4.79 Å². The molecule has 2 aliphatic rings. The molecule has 2 fully saturated rings. The normalized spacial score (nSPS) is 19.2. The summed E-state index contributed by atoms with van der Waals surface area (Å²) in [5.41, 5.74) is 3.07. The second kappa shape index (κ2) is 11.3. The van der Waals surface area contributed by atoms with Gasteiger partial charge in [-0.05, 0) is 45.8 Å². The van der Waals surface area contributed by atoms with Crippen molar-refractivity contribution >= 4 is 23.5 Å². The first kappa shape index (κ1) is 25.9. The number of rotatable bonds is 7. The lowest BCUT2D eigenvalue weighted by atomic mass is 10.0. The minimum absolute atomic E-state index is 0.0274. The first-order chi connectivity index (χ1) is 17.2. The van der Waals surface area contributed by atoms with Crippen LogP contribution in [0.1, 0.15) is 50.3 Å². The SMILES string of the molecule is Cc1nn2c(NC3CCN(C(=O)O[C@H]4CCN(C(=O)/C=C/CN(C)C)C4)CC3)ccnc2c1C(C)C. The molecule has 0 radical (unpaired) electrons. The van der Waals surface area contributed by atoms with E-state index in [4.69, 9.17) is 9.84 Å². The topological polar surface area (TPSA) is 95.3 Å². The maximum Gasteiger partial charge on any atom is 0.410 e. The number of amides is 2. The van der Waals surface area contributed by atoms with Gasteiger partial charge in [0.05, 0.1) is 12.2 Å². The zero-order valence-corrected chi connectivity index (χ0v) is 22.1. The van der Waals surface area contributed by atoms with Crippen molar-refractivity contribution < 1.29 is 14.3 Å². The van der Waals surface area contributed by atoms with Gasteiger partial charge in [0.15, 0.2) is 5.65 Å². The van der Waals surface area contributed by atoms with Crippen LogP contribution in [-0.4, -0.2) is 100 Å². The van der Waals surface area contributed by atoms with E-state index >= 15 is 0 Å². The van der Waals surface area contributed by atoms with Crippen LogP contribution >= 0.6 is 0 Å². The van der Waals surface area contributed by atoms with Gasteiger partial charge in [0.2, 0.25) is 5.91 Å². The van der Waals surface area contributed by atoms with Crippen LogP contribution in [0.15, 0.2) is 24.4 Å². The molecule has 4 rings (SSSR count). The van der Waals surface area contributed by atoms with Crippen LogP contribution in [-0.2, 0) is 9.53 Å². The number of likely N-dealkylation sites (N-methyl/N-ethyl adjacent to an activating group) is 1. The summed E-state index contributed by atoms with van der Waals surface area (Å²) in [5.74, 6) is 1.25. The molecule has 1 atom stereocenters. The molecule has 2 aromatic rings. The monoisotopic (exact) mass is 497 g/mol. The first-order valence-electron chi connectivity index (χ1n) is 12.9. The zero-order valence-electron chi connectivity index (χ0n) is 22.1. The summed E-state index contributed by atoms with van der Waals surface area (Å²) in [6.07, 6.45) is 7.07. The van der Waals surface area contributed by atoms with Gasteiger partial charge in [-0.2, -0.15) is 9.61 Å². The van der Waals surface area contributed by atoms with Crippen LogP contribution in [0.25, 0.3) is 5.65 Å². The van der Waals surface area contributed by atoms with Crippen LogP contribution in [0.3, 0.4) is 0 Å². The second-order valence-electron chi connectivity index (χ2n) is 10.4. The Hall–Kier alpha value is -3.14.